The molecule has 0 spiro atoms. The fourth-order valence-electron chi connectivity index (χ4n) is 1.99. The molecule has 1 heterocycles. The average molecular weight is 206 g/mol. The highest BCUT2D eigenvalue weighted by atomic mass is 16.5. The molecule has 1 fully saturated rings. The Morgan fingerprint density at radius 1 is 1.47 bits per heavy atom. The number of anilines is 2. The smallest absolute Gasteiger partial charge is 0.0668 e. The second-order valence-electron chi connectivity index (χ2n) is 4.18. The number of rotatable bonds is 1. The summed E-state index contributed by atoms with van der Waals surface area (Å²) in [4.78, 5) is 2.33. The zero-order chi connectivity index (χ0) is 10.8. The maximum atomic E-state index is 6.00. The first-order valence-corrected chi connectivity index (χ1v) is 5.39. The molecule has 1 saturated heterocycles. The van der Waals surface area contributed by atoms with Crippen LogP contribution in [0, 0.1) is 6.92 Å². The molecule has 1 aliphatic rings. The molecule has 0 bridgehead atoms. The molecule has 0 aliphatic carbocycles. The predicted octanol–water partition coefficient (Wildman–Crippen LogP) is 1.80. The van der Waals surface area contributed by atoms with Gasteiger partial charge in [0.2, 0.25) is 0 Å². The first-order valence-electron chi connectivity index (χ1n) is 5.39. The summed E-state index contributed by atoms with van der Waals surface area (Å²) in [5.74, 6) is 0. The van der Waals surface area contributed by atoms with Gasteiger partial charge in [0, 0.05) is 12.6 Å². The van der Waals surface area contributed by atoms with Gasteiger partial charge in [-0.05, 0) is 31.5 Å². The Bertz CT molecular complexity index is 351. The van der Waals surface area contributed by atoms with Crippen LogP contribution in [0.2, 0.25) is 0 Å². The van der Waals surface area contributed by atoms with E-state index in [4.69, 9.17) is 10.5 Å². The van der Waals surface area contributed by atoms with Gasteiger partial charge in [-0.15, -0.1) is 0 Å². The average Bonchev–Trinajstić information content (AvgIpc) is 2.23. The molecule has 2 rings (SSSR count). The minimum absolute atomic E-state index is 0.405. The Kier molecular flexibility index (Phi) is 2.82. The molecule has 0 amide bonds. The second kappa shape index (κ2) is 4.11. The zero-order valence-corrected chi connectivity index (χ0v) is 9.36. The lowest BCUT2D eigenvalue weighted by molar-refractivity contribution is 0.0990. The molecule has 0 radical (unpaired) electrons. The molecule has 1 unspecified atom stereocenters. The summed E-state index contributed by atoms with van der Waals surface area (Å²) in [6, 6.07) is 6.58. The highest BCUT2D eigenvalue weighted by Gasteiger charge is 2.20. The lowest BCUT2D eigenvalue weighted by Crippen LogP contribution is -2.44. The molecular weight excluding hydrogens is 188 g/mol. The Labute approximate surface area is 90.8 Å². The summed E-state index contributed by atoms with van der Waals surface area (Å²) in [7, 11) is 0. The highest BCUT2D eigenvalue weighted by Crippen LogP contribution is 2.27. The second-order valence-corrected chi connectivity index (χ2v) is 4.18. The summed E-state index contributed by atoms with van der Waals surface area (Å²) in [6.07, 6.45) is 0. The lowest BCUT2D eigenvalue weighted by atomic mass is 10.1. The standard InChI is InChI=1S/C12H18N2O/c1-9-3-4-11(13)12(7-9)14-5-6-15-8-10(14)2/h3-4,7,10H,5-6,8,13H2,1-2H3. The lowest BCUT2D eigenvalue weighted by Gasteiger charge is -2.36. The van der Waals surface area contributed by atoms with E-state index in [9.17, 15) is 0 Å². The zero-order valence-electron chi connectivity index (χ0n) is 9.36. The number of hydrogen-bond donors (Lipinski definition) is 1. The van der Waals surface area contributed by atoms with Gasteiger partial charge < -0.3 is 15.4 Å². The Morgan fingerprint density at radius 3 is 3.00 bits per heavy atom. The fraction of sp³-hybridized carbons (Fsp3) is 0.500. The minimum atomic E-state index is 0.405. The Balaban J connectivity index is 2.30. The van der Waals surface area contributed by atoms with Crippen LogP contribution < -0.4 is 10.6 Å². The van der Waals surface area contributed by atoms with Crippen LogP contribution in [0.4, 0.5) is 11.4 Å². The Morgan fingerprint density at radius 2 is 2.27 bits per heavy atom. The number of hydrogen-bond acceptors (Lipinski definition) is 3. The SMILES string of the molecule is Cc1ccc(N)c(N2CCOCC2C)c1. The van der Waals surface area contributed by atoms with E-state index in [0.29, 0.717) is 6.04 Å². The number of ether oxygens (including phenoxy) is 1. The van der Waals surface area contributed by atoms with Gasteiger partial charge in [-0.2, -0.15) is 0 Å². The van der Waals surface area contributed by atoms with Gasteiger partial charge in [0.25, 0.3) is 0 Å². The normalized spacial score (nSPS) is 21.7. The summed E-state index contributed by atoms with van der Waals surface area (Å²) < 4.78 is 5.42. The molecule has 1 aromatic carbocycles. The molecule has 1 atom stereocenters. The third-order valence-corrected chi connectivity index (χ3v) is 2.86. The topological polar surface area (TPSA) is 38.5 Å². The van der Waals surface area contributed by atoms with E-state index in [-0.39, 0.29) is 0 Å². The molecule has 15 heavy (non-hydrogen) atoms. The van der Waals surface area contributed by atoms with Gasteiger partial charge in [-0.1, -0.05) is 6.07 Å². The molecule has 2 N–H and O–H groups in total. The van der Waals surface area contributed by atoms with Crippen molar-refractivity contribution in [2.45, 2.75) is 19.9 Å². The van der Waals surface area contributed by atoms with Crippen LogP contribution in [0.25, 0.3) is 0 Å². The highest BCUT2D eigenvalue weighted by molar-refractivity contribution is 5.69. The molecule has 1 aromatic rings. The van der Waals surface area contributed by atoms with Crippen molar-refractivity contribution in [3.63, 3.8) is 0 Å². The van der Waals surface area contributed by atoms with Crippen molar-refractivity contribution < 1.29 is 4.74 Å². The van der Waals surface area contributed by atoms with E-state index < -0.39 is 0 Å². The third kappa shape index (κ3) is 2.07. The van der Waals surface area contributed by atoms with Crippen LogP contribution in [0.15, 0.2) is 18.2 Å². The van der Waals surface area contributed by atoms with Crippen LogP contribution in [-0.4, -0.2) is 25.8 Å². The van der Waals surface area contributed by atoms with Gasteiger partial charge in [0.15, 0.2) is 0 Å². The van der Waals surface area contributed by atoms with Crippen molar-refractivity contribution >= 4 is 11.4 Å². The van der Waals surface area contributed by atoms with Crippen molar-refractivity contribution in [3.05, 3.63) is 23.8 Å². The van der Waals surface area contributed by atoms with Crippen molar-refractivity contribution in [2.24, 2.45) is 0 Å². The van der Waals surface area contributed by atoms with Crippen LogP contribution in [0.3, 0.4) is 0 Å². The number of morpholine rings is 1. The van der Waals surface area contributed by atoms with E-state index in [1.165, 1.54) is 5.56 Å². The van der Waals surface area contributed by atoms with Crippen LogP contribution >= 0.6 is 0 Å². The number of nitrogen functional groups attached to an aromatic ring is 1. The van der Waals surface area contributed by atoms with E-state index in [2.05, 4.69) is 24.8 Å². The van der Waals surface area contributed by atoms with Gasteiger partial charge in [0.1, 0.15) is 0 Å². The molecule has 3 heteroatoms. The monoisotopic (exact) mass is 206 g/mol. The van der Waals surface area contributed by atoms with Gasteiger partial charge in [0.05, 0.1) is 24.6 Å². The molecule has 0 aromatic heterocycles. The fourth-order valence-corrected chi connectivity index (χ4v) is 1.99. The molecule has 82 valence electrons. The molecule has 0 saturated carbocycles. The van der Waals surface area contributed by atoms with E-state index in [1.807, 2.05) is 12.1 Å². The minimum Gasteiger partial charge on any atom is -0.397 e. The third-order valence-electron chi connectivity index (χ3n) is 2.86. The number of nitrogens with zero attached hydrogens (tertiary/aromatic N) is 1. The van der Waals surface area contributed by atoms with Gasteiger partial charge in [-0.25, -0.2) is 0 Å². The number of benzene rings is 1. The molecule has 3 nitrogen and oxygen atoms in total. The first kappa shape index (κ1) is 10.3. The summed E-state index contributed by atoms with van der Waals surface area (Å²) in [6.45, 7) is 6.76. The summed E-state index contributed by atoms with van der Waals surface area (Å²) >= 11 is 0. The number of aryl methyl sites for hydroxylation is 1. The largest absolute Gasteiger partial charge is 0.397 e. The van der Waals surface area contributed by atoms with Crippen LogP contribution in [-0.2, 0) is 4.74 Å². The van der Waals surface area contributed by atoms with E-state index in [0.717, 1.165) is 31.1 Å². The Hall–Kier alpha value is -1.22. The maximum Gasteiger partial charge on any atom is 0.0668 e. The van der Waals surface area contributed by atoms with E-state index >= 15 is 0 Å². The summed E-state index contributed by atoms with van der Waals surface area (Å²) in [5, 5.41) is 0. The van der Waals surface area contributed by atoms with Crippen LogP contribution in [0.5, 0.6) is 0 Å². The maximum absolute atomic E-state index is 6.00. The van der Waals surface area contributed by atoms with Crippen LogP contribution in [0.1, 0.15) is 12.5 Å². The molecular formula is C12H18N2O. The van der Waals surface area contributed by atoms with Crippen molar-refractivity contribution in [1.82, 2.24) is 0 Å². The van der Waals surface area contributed by atoms with Crippen molar-refractivity contribution in [2.75, 3.05) is 30.4 Å². The summed E-state index contributed by atoms with van der Waals surface area (Å²) in [5.41, 5.74) is 9.25. The van der Waals surface area contributed by atoms with Gasteiger partial charge >= 0.3 is 0 Å². The number of nitrogens with two attached hydrogens (primary N) is 1. The predicted molar refractivity (Wildman–Crippen MR) is 63.2 cm³/mol. The van der Waals surface area contributed by atoms with E-state index in [1.54, 1.807) is 0 Å². The van der Waals surface area contributed by atoms with Gasteiger partial charge in [-0.3, -0.25) is 0 Å². The van der Waals surface area contributed by atoms with Crippen molar-refractivity contribution in [3.8, 4) is 0 Å². The van der Waals surface area contributed by atoms with Crippen molar-refractivity contribution in [1.29, 1.82) is 0 Å². The quantitative estimate of drug-likeness (QED) is 0.712. The molecule has 1 aliphatic heterocycles. The first-order chi connectivity index (χ1) is 7.18.